The van der Waals surface area contributed by atoms with E-state index in [0.717, 1.165) is 5.69 Å². The number of nitrogens with zero attached hydrogens (tertiary/aromatic N) is 2. The zero-order valence-corrected chi connectivity index (χ0v) is 12.8. The molecular formula is C14H21N2O4+. The first kappa shape index (κ1) is 16.0. The standard InChI is InChI=1S/C14H21N2O4/c1-10(17)19-12-8-7-11(16(4,5)6)9-13(12)20-14(18)15(2)3/h7-9H,1-6H3/q+1. The molecule has 0 aliphatic carbocycles. The number of ether oxygens (including phenoxy) is 2. The van der Waals surface area contributed by atoms with Crippen molar-refractivity contribution in [3.63, 3.8) is 0 Å². The highest BCUT2D eigenvalue weighted by Gasteiger charge is 2.19. The summed E-state index contributed by atoms with van der Waals surface area (Å²) in [5.41, 5.74) is 0.919. The molecule has 6 nitrogen and oxygen atoms in total. The summed E-state index contributed by atoms with van der Waals surface area (Å²) in [5, 5.41) is 0. The molecule has 6 heteroatoms. The van der Waals surface area contributed by atoms with Crippen molar-refractivity contribution in [2.24, 2.45) is 0 Å². The molecule has 0 saturated heterocycles. The van der Waals surface area contributed by atoms with Crippen LogP contribution in [-0.4, -0.2) is 52.2 Å². The Bertz CT molecular complexity index is 518. The average molecular weight is 281 g/mol. The zero-order valence-electron chi connectivity index (χ0n) is 12.8. The summed E-state index contributed by atoms with van der Waals surface area (Å²) < 4.78 is 10.8. The normalized spacial score (nSPS) is 10.9. The summed E-state index contributed by atoms with van der Waals surface area (Å²) in [6, 6.07) is 5.14. The quantitative estimate of drug-likeness (QED) is 0.482. The van der Waals surface area contributed by atoms with Crippen molar-refractivity contribution < 1.29 is 19.1 Å². The summed E-state index contributed by atoms with van der Waals surface area (Å²) in [6.45, 7) is 1.30. The van der Waals surface area contributed by atoms with E-state index in [1.165, 1.54) is 11.8 Å². The van der Waals surface area contributed by atoms with Crippen LogP contribution in [0.3, 0.4) is 0 Å². The minimum Gasteiger partial charge on any atom is -0.423 e. The number of amides is 1. The van der Waals surface area contributed by atoms with Gasteiger partial charge in [0.05, 0.1) is 21.1 Å². The summed E-state index contributed by atoms with van der Waals surface area (Å²) in [7, 11) is 9.12. The van der Waals surface area contributed by atoms with Gasteiger partial charge in [-0.2, -0.15) is 0 Å². The van der Waals surface area contributed by atoms with Gasteiger partial charge in [0.25, 0.3) is 0 Å². The van der Waals surface area contributed by atoms with Gasteiger partial charge in [-0.05, 0) is 6.07 Å². The van der Waals surface area contributed by atoms with Crippen LogP contribution < -0.4 is 14.0 Å². The van der Waals surface area contributed by atoms with Crippen LogP contribution in [-0.2, 0) is 4.79 Å². The maximum absolute atomic E-state index is 11.7. The van der Waals surface area contributed by atoms with Gasteiger partial charge in [-0.1, -0.05) is 0 Å². The van der Waals surface area contributed by atoms with Crippen LogP contribution >= 0.6 is 0 Å². The molecule has 0 heterocycles. The highest BCUT2D eigenvalue weighted by molar-refractivity contribution is 5.74. The van der Waals surface area contributed by atoms with Crippen molar-refractivity contribution in [1.82, 2.24) is 9.38 Å². The molecule has 1 rings (SSSR count). The Morgan fingerprint density at radius 3 is 2.10 bits per heavy atom. The van der Waals surface area contributed by atoms with Crippen LogP contribution in [0.25, 0.3) is 0 Å². The predicted octanol–water partition coefficient (Wildman–Crippen LogP) is 1.87. The molecule has 0 aromatic heterocycles. The Kier molecular flexibility index (Phi) is 4.73. The van der Waals surface area contributed by atoms with Gasteiger partial charge in [-0.3, -0.25) is 9.28 Å². The van der Waals surface area contributed by atoms with Gasteiger partial charge in [0.1, 0.15) is 5.69 Å². The summed E-state index contributed by atoms with van der Waals surface area (Å²) in [5.74, 6) is -0.0144. The molecule has 0 fully saturated rings. The Hall–Kier alpha value is -2.08. The van der Waals surface area contributed by atoms with E-state index in [-0.39, 0.29) is 11.5 Å². The van der Waals surface area contributed by atoms with Crippen molar-refractivity contribution in [3.05, 3.63) is 18.2 Å². The smallest absolute Gasteiger partial charge is 0.414 e. The molecule has 20 heavy (non-hydrogen) atoms. The lowest BCUT2D eigenvalue weighted by molar-refractivity contribution is -0.132. The second kappa shape index (κ2) is 5.92. The molecule has 0 atom stereocenters. The topological polar surface area (TPSA) is 55.8 Å². The first-order valence-corrected chi connectivity index (χ1v) is 6.15. The summed E-state index contributed by atoms with van der Waals surface area (Å²) in [6.07, 6.45) is -0.531. The molecule has 0 saturated carbocycles. The molecule has 0 aliphatic heterocycles. The van der Waals surface area contributed by atoms with E-state index in [2.05, 4.69) is 0 Å². The predicted molar refractivity (Wildman–Crippen MR) is 77.0 cm³/mol. The van der Waals surface area contributed by atoms with Crippen molar-refractivity contribution in [2.45, 2.75) is 6.92 Å². The summed E-state index contributed by atoms with van der Waals surface area (Å²) >= 11 is 0. The van der Waals surface area contributed by atoms with Crippen molar-refractivity contribution in [2.75, 3.05) is 35.2 Å². The minimum absolute atomic E-state index is 0.226. The van der Waals surface area contributed by atoms with Gasteiger partial charge >= 0.3 is 12.1 Å². The molecule has 0 unspecified atom stereocenters. The number of rotatable bonds is 3. The van der Waals surface area contributed by atoms with E-state index in [4.69, 9.17) is 9.47 Å². The third-order valence-corrected chi connectivity index (χ3v) is 2.52. The number of carbonyl (C=O) groups excluding carboxylic acids is 2. The van der Waals surface area contributed by atoms with Gasteiger partial charge in [-0.15, -0.1) is 0 Å². The highest BCUT2D eigenvalue weighted by atomic mass is 16.6. The SMILES string of the molecule is CC(=O)Oc1ccc([N+](C)(C)C)cc1OC(=O)N(C)C. The highest BCUT2D eigenvalue weighted by Crippen LogP contribution is 2.33. The number of benzene rings is 1. The van der Waals surface area contributed by atoms with E-state index >= 15 is 0 Å². The molecular weight excluding hydrogens is 260 g/mol. The Balaban J connectivity index is 3.19. The van der Waals surface area contributed by atoms with Gasteiger partial charge in [-0.25, -0.2) is 4.79 Å². The van der Waals surface area contributed by atoms with Crippen LogP contribution in [0.4, 0.5) is 10.5 Å². The molecule has 0 spiro atoms. The lowest BCUT2D eigenvalue weighted by Crippen LogP contribution is -2.34. The van der Waals surface area contributed by atoms with E-state index < -0.39 is 12.1 Å². The first-order chi connectivity index (χ1) is 9.11. The minimum atomic E-state index is -0.531. The Morgan fingerprint density at radius 1 is 1.05 bits per heavy atom. The van der Waals surface area contributed by atoms with Gasteiger partial charge < -0.3 is 14.4 Å². The van der Waals surface area contributed by atoms with Crippen LogP contribution in [0.15, 0.2) is 18.2 Å². The number of esters is 1. The first-order valence-electron chi connectivity index (χ1n) is 6.15. The van der Waals surface area contributed by atoms with Crippen LogP contribution in [0.5, 0.6) is 11.5 Å². The van der Waals surface area contributed by atoms with Gasteiger partial charge in [0.15, 0.2) is 11.5 Å². The number of hydrogen-bond acceptors (Lipinski definition) is 4. The second-order valence-corrected chi connectivity index (χ2v) is 5.50. The average Bonchev–Trinajstić information content (AvgIpc) is 2.28. The zero-order chi connectivity index (χ0) is 15.5. The third-order valence-electron chi connectivity index (χ3n) is 2.52. The second-order valence-electron chi connectivity index (χ2n) is 5.50. The molecule has 1 aromatic carbocycles. The molecule has 0 radical (unpaired) electrons. The van der Waals surface area contributed by atoms with Crippen LogP contribution in [0.2, 0.25) is 0 Å². The molecule has 1 amide bonds. The summed E-state index contributed by atoms with van der Waals surface area (Å²) in [4.78, 5) is 24.1. The molecule has 1 aromatic rings. The van der Waals surface area contributed by atoms with E-state index in [0.29, 0.717) is 4.48 Å². The number of hydrogen-bond donors (Lipinski definition) is 0. The maximum Gasteiger partial charge on any atom is 0.414 e. The molecule has 0 aliphatic rings. The van der Waals surface area contributed by atoms with Crippen molar-refractivity contribution in [1.29, 1.82) is 0 Å². The lowest BCUT2D eigenvalue weighted by atomic mass is 10.2. The fourth-order valence-electron chi connectivity index (χ4n) is 1.42. The number of quaternary nitrogens is 1. The van der Waals surface area contributed by atoms with Crippen molar-refractivity contribution >= 4 is 17.7 Å². The van der Waals surface area contributed by atoms with Crippen LogP contribution in [0.1, 0.15) is 6.92 Å². The monoisotopic (exact) mass is 281 g/mol. The Labute approximate surface area is 119 Å². The van der Waals surface area contributed by atoms with E-state index in [1.807, 2.05) is 27.2 Å². The van der Waals surface area contributed by atoms with E-state index in [9.17, 15) is 9.59 Å². The largest absolute Gasteiger partial charge is 0.423 e. The molecule has 110 valence electrons. The molecule has 0 N–H and O–H groups in total. The maximum atomic E-state index is 11.7. The lowest BCUT2D eigenvalue weighted by Gasteiger charge is -2.24. The van der Waals surface area contributed by atoms with Gasteiger partial charge in [0, 0.05) is 33.2 Å². The van der Waals surface area contributed by atoms with Crippen molar-refractivity contribution in [3.8, 4) is 11.5 Å². The van der Waals surface area contributed by atoms with Crippen LogP contribution in [0, 0.1) is 0 Å². The fourth-order valence-corrected chi connectivity index (χ4v) is 1.42. The van der Waals surface area contributed by atoms with E-state index in [1.54, 1.807) is 26.2 Å². The molecule has 0 bridgehead atoms. The fraction of sp³-hybridized carbons (Fsp3) is 0.429. The Morgan fingerprint density at radius 2 is 1.65 bits per heavy atom. The number of carbonyl (C=O) groups is 2. The third kappa shape index (κ3) is 4.24. The van der Waals surface area contributed by atoms with Gasteiger partial charge in [0.2, 0.25) is 0 Å².